The number of amides is 10. The number of cyclic esters (lactones) is 2. The van der Waals surface area contributed by atoms with Crippen molar-refractivity contribution in [1.82, 2.24) is 55.7 Å². The molecule has 90 heavy (non-hydrogen) atoms. The number of likely N-dealkylation sites (N-methyl/N-ethyl adjacent to an activating group) is 4. The molecule has 4 fully saturated rings. The zero-order chi connectivity index (χ0) is 67.0. The van der Waals surface area contributed by atoms with Crippen LogP contribution in [0.2, 0.25) is 0 Å². The Bertz CT molecular complexity index is 3420. The van der Waals surface area contributed by atoms with Gasteiger partial charge in [0.1, 0.15) is 71.8 Å². The number of nitrogens with one attached hydrogen (secondary N) is 4. The standard InChI is InChI=1S/C62H86N12O16/c1-27(2)42-59(84)73-23-17-19-36(73)57(82)69(13)25-38(75)71(15)48(29(5)6)61(86)88-33(11)44(55(80)65-42)67-53(78)35-22-21-31(9)51-46(35)64-47-40(41(63)50(77)32(10)52(47)90-51)54(79)68-45-34(12)89-62(87)49(30(7)8)72(16)39(76)26-70(14)58(83)37-20-18-24-74(37)60(85)43(28(3)4)66-56(45)81/h21-22,27-30,33-34,36-37,42-45,48-49H,17-20,23-26,63H2,1-16H3,(H,65,80)(H,66,81)(H,67,78)(H,68,79)/t33-,34+,36+,37-,42-,43-,44-,45+,48-,49-/m0/s1. The Kier molecular flexibility index (Phi) is 21.1. The third-order valence-corrected chi connectivity index (χ3v) is 17.5. The van der Waals surface area contributed by atoms with Crippen molar-refractivity contribution in [2.75, 3.05) is 60.1 Å². The van der Waals surface area contributed by atoms with Crippen molar-refractivity contribution in [2.45, 2.75) is 169 Å². The Morgan fingerprint density at radius 3 is 1.44 bits per heavy atom. The molecule has 7 rings (SSSR count). The molecule has 1 aromatic rings. The summed E-state index contributed by atoms with van der Waals surface area (Å²) in [6.45, 7) is 18.4. The second kappa shape index (κ2) is 27.6. The largest absolute Gasteiger partial charge is 0.458 e. The van der Waals surface area contributed by atoms with E-state index in [0.29, 0.717) is 18.4 Å². The third kappa shape index (κ3) is 13.7. The summed E-state index contributed by atoms with van der Waals surface area (Å²) in [4.78, 5) is 199. The minimum Gasteiger partial charge on any atom is -0.458 e. The molecule has 0 radical (unpaired) electrons. The maximum Gasteiger partial charge on any atom is 0.329 e. The van der Waals surface area contributed by atoms with E-state index < -0.39 is 191 Å². The SMILES string of the molecule is Cc1c2oc3c(C)ccc(C(=O)N[C@@H]4C(=O)N[C@@H](C(C)C)C(=O)N5CCC[C@@H]5C(=O)N(C)CC(=O)N(C)[C@@H](C(C)C)C(=O)O[C@H]4C)c3nc-2c(C(=O)N[C@H]2C(=O)N[C@@H](C(C)C)C(=O)N3CCC[C@H]3C(=O)N(C)CC(=O)N(C)[C@@H](C(C)C)C(=O)O[C@@H]2C)c(N)c1=O. The van der Waals surface area contributed by atoms with Crippen LogP contribution < -0.4 is 32.4 Å². The van der Waals surface area contributed by atoms with Crippen LogP contribution in [0.25, 0.3) is 22.6 Å². The van der Waals surface area contributed by atoms with E-state index in [1.807, 2.05) is 0 Å². The van der Waals surface area contributed by atoms with Crippen LogP contribution >= 0.6 is 0 Å². The first kappa shape index (κ1) is 68.8. The van der Waals surface area contributed by atoms with E-state index in [2.05, 4.69) is 21.3 Å². The maximum atomic E-state index is 15.2. The molecule has 28 nitrogen and oxygen atoms in total. The summed E-state index contributed by atoms with van der Waals surface area (Å²) in [5.74, 6) is -12.4. The van der Waals surface area contributed by atoms with Crippen LogP contribution in [-0.4, -0.2) is 220 Å². The van der Waals surface area contributed by atoms with E-state index in [9.17, 15) is 52.7 Å². The number of carbonyl (C=O) groups excluding carboxylic acids is 12. The molecule has 0 unspecified atom stereocenters. The van der Waals surface area contributed by atoms with Crippen molar-refractivity contribution in [3.63, 3.8) is 0 Å². The van der Waals surface area contributed by atoms with Crippen LogP contribution in [0.15, 0.2) is 21.3 Å². The summed E-state index contributed by atoms with van der Waals surface area (Å²) < 4.78 is 18.3. The van der Waals surface area contributed by atoms with Crippen LogP contribution in [0, 0.1) is 37.5 Å². The number of aryl methyl sites for hydroxylation is 1. The smallest absolute Gasteiger partial charge is 0.329 e. The van der Waals surface area contributed by atoms with E-state index in [1.165, 1.54) is 80.7 Å². The highest BCUT2D eigenvalue weighted by Gasteiger charge is 2.46. The molecule has 5 aliphatic heterocycles. The molecule has 0 saturated carbocycles. The summed E-state index contributed by atoms with van der Waals surface area (Å²) >= 11 is 0. The minimum absolute atomic E-state index is 0.0763. The highest BCUT2D eigenvalue weighted by molar-refractivity contribution is 6.10. The molecule has 10 atom stereocenters. The van der Waals surface area contributed by atoms with E-state index in [0.717, 1.165) is 9.80 Å². The topological polar surface area (TPSA) is 360 Å². The number of nitrogens with zero attached hydrogens (tertiary/aromatic N) is 7. The molecule has 0 aromatic heterocycles. The van der Waals surface area contributed by atoms with Gasteiger partial charge in [-0.25, -0.2) is 14.6 Å². The van der Waals surface area contributed by atoms with Crippen molar-refractivity contribution in [3.05, 3.63) is 44.6 Å². The molecular weight excluding hydrogens is 1170 g/mol. The predicted octanol–water partition coefficient (Wildman–Crippen LogP) is 0.726. The Labute approximate surface area is 522 Å². The molecule has 4 saturated heterocycles. The molecule has 0 spiro atoms. The first-order valence-corrected chi connectivity index (χ1v) is 30.5. The Balaban J connectivity index is 1.32. The monoisotopic (exact) mass is 1250 g/mol. The molecule has 0 bridgehead atoms. The van der Waals surface area contributed by atoms with Crippen LogP contribution in [0.3, 0.4) is 0 Å². The fourth-order valence-corrected chi connectivity index (χ4v) is 12.3. The van der Waals surface area contributed by atoms with Gasteiger partial charge < -0.3 is 70.3 Å². The second-order valence-electron chi connectivity index (χ2n) is 25.5. The fraction of sp³-hybridized carbons (Fsp3) is 0.613. The Morgan fingerprint density at radius 1 is 0.611 bits per heavy atom. The normalized spacial score (nSPS) is 26.2. The van der Waals surface area contributed by atoms with E-state index in [1.54, 1.807) is 62.3 Å². The first-order valence-electron chi connectivity index (χ1n) is 30.5. The predicted molar refractivity (Wildman–Crippen MR) is 325 cm³/mol. The Hall–Kier alpha value is -8.72. The fourth-order valence-electron chi connectivity index (χ4n) is 12.3. The molecule has 490 valence electrons. The highest BCUT2D eigenvalue weighted by atomic mass is 16.6. The molecular formula is C62H86N12O16. The first-order chi connectivity index (χ1) is 42.1. The summed E-state index contributed by atoms with van der Waals surface area (Å²) in [7, 11) is 5.59. The molecule has 10 amide bonds. The van der Waals surface area contributed by atoms with Gasteiger partial charge >= 0.3 is 11.9 Å². The van der Waals surface area contributed by atoms with Gasteiger partial charge in [0, 0.05) is 46.8 Å². The minimum atomic E-state index is -1.88. The maximum absolute atomic E-state index is 15.2. The van der Waals surface area contributed by atoms with Crippen LogP contribution in [0.1, 0.15) is 127 Å². The number of anilines is 1. The summed E-state index contributed by atoms with van der Waals surface area (Å²) in [5, 5.41) is 10.7. The van der Waals surface area contributed by atoms with Crippen LogP contribution in [0.5, 0.6) is 0 Å². The number of ether oxygens (including phenoxy) is 2. The van der Waals surface area contributed by atoms with Gasteiger partial charge in [-0.2, -0.15) is 0 Å². The van der Waals surface area contributed by atoms with E-state index >= 15 is 9.59 Å². The lowest BCUT2D eigenvalue weighted by Crippen LogP contribution is -2.61. The number of esters is 2. The third-order valence-electron chi connectivity index (χ3n) is 17.5. The lowest BCUT2D eigenvalue weighted by atomic mass is 9.98. The number of nitrogens with two attached hydrogens (primary N) is 1. The van der Waals surface area contributed by atoms with Crippen molar-refractivity contribution < 1.29 is 71.4 Å². The zero-order valence-corrected chi connectivity index (χ0v) is 54.1. The van der Waals surface area contributed by atoms with Crippen molar-refractivity contribution >= 4 is 87.8 Å². The summed E-state index contributed by atoms with van der Waals surface area (Å²) in [5.41, 5.74) is 3.57. The number of aromatic nitrogens is 1. The molecule has 28 heteroatoms. The number of carbonyl (C=O) groups is 12. The average molecular weight is 1260 g/mol. The molecule has 1 aromatic carbocycles. The van der Waals surface area contributed by atoms with Gasteiger partial charge in [-0.3, -0.25) is 52.7 Å². The van der Waals surface area contributed by atoms with Gasteiger partial charge in [-0.05, 0) is 88.7 Å². The Morgan fingerprint density at radius 2 is 1.03 bits per heavy atom. The number of hydrogen-bond donors (Lipinski definition) is 5. The second-order valence-corrected chi connectivity index (χ2v) is 25.5. The van der Waals surface area contributed by atoms with Crippen LogP contribution in [0.4, 0.5) is 5.69 Å². The highest BCUT2D eigenvalue weighted by Crippen LogP contribution is 2.35. The molecule has 6 aliphatic rings. The lowest BCUT2D eigenvalue weighted by molar-refractivity contribution is -0.163. The van der Waals surface area contributed by atoms with Gasteiger partial charge in [0.05, 0.1) is 29.9 Å². The number of rotatable bonds is 8. The molecule has 6 N–H and O–H groups in total. The summed E-state index contributed by atoms with van der Waals surface area (Å²) in [6, 6.07) is -7.90. The average Bonchev–Trinajstić information content (AvgIpc) is 0.893. The van der Waals surface area contributed by atoms with Gasteiger partial charge in [0.25, 0.3) is 11.8 Å². The van der Waals surface area contributed by atoms with Gasteiger partial charge in [0.2, 0.25) is 52.7 Å². The number of fused-ring (bicyclic) bond motifs is 4. The molecule has 5 heterocycles. The van der Waals surface area contributed by atoms with Gasteiger partial charge in [-0.15, -0.1) is 0 Å². The van der Waals surface area contributed by atoms with Crippen molar-refractivity contribution in [2.24, 2.45) is 23.7 Å². The van der Waals surface area contributed by atoms with Crippen molar-refractivity contribution in [1.29, 1.82) is 0 Å². The zero-order valence-electron chi connectivity index (χ0n) is 54.1. The van der Waals surface area contributed by atoms with E-state index in [-0.39, 0.29) is 53.9 Å². The number of hydrogen-bond acceptors (Lipinski definition) is 18. The lowest BCUT2D eigenvalue weighted by Gasteiger charge is -2.36. The molecule has 1 aliphatic carbocycles. The quantitative estimate of drug-likeness (QED) is 0.118. The van der Waals surface area contributed by atoms with Gasteiger partial charge in [0.15, 0.2) is 11.3 Å². The van der Waals surface area contributed by atoms with E-state index in [4.69, 9.17) is 24.6 Å². The number of benzene rings is 2. The number of nitrogen functional groups attached to an aromatic ring is 1. The van der Waals surface area contributed by atoms with Crippen LogP contribution in [-0.2, 0) is 57.4 Å². The van der Waals surface area contributed by atoms with Gasteiger partial charge in [-0.1, -0.05) is 61.5 Å². The van der Waals surface area contributed by atoms with Crippen molar-refractivity contribution in [3.8, 4) is 11.5 Å². The summed E-state index contributed by atoms with van der Waals surface area (Å²) in [6.07, 6.45) is -1.65.